The van der Waals surface area contributed by atoms with Gasteiger partial charge in [0.05, 0.1) is 45.0 Å². The fourth-order valence-electron chi connectivity index (χ4n) is 4.47. The zero-order chi connectivity index (χ0) is 23.5. The fraction of sp³-hybridized carbons (Fsp3) is 0.360. The molecule has 0 aromatic heterocycles. The molecule has 2 saturated heterocycles. The first-order valence-corrected chi connectivity index (χ1v) is 11.0. The van der Waals surface area contributed by atoms with Crippen LogP contribution in [0.5, 0.6) is 5.75 Å². The van der Waals surface area contributed by atoms with E-state index in [1.807, 2.05) is 6.92 Å². The van der Waals surface area contributed by atoms with Gasteiger partial charge in [0, 0.05) is 5.56 Å². The number of methoxy groups -OCH3 is 1. The van der Waals surface area contributed by atoms with Crippen LogP contribution in [0.25, 0.3) is 5.76 Å². The average molecular weight is 456 g/mol. The van der Waals surface area contributed by atoms with Gasteiger partial charge in [-0.15, -0.1) is 0 Å². The molecule has 0 saturated carbocycles. The molecular formula is C25H28FN2O5+. The third-order valence-electron chi connectivity index (χ3n) is 6.30. The number of nitrogens with zero attached hydrogens (tertiary/aromatic N) is 1. The highest BCUT2D eigenvalue weighted by Gasteiger charge is 2.46. The Kier molecular flexibility index (Phi) is 6.76. The maximum Gasteiger partial charge on any atom is 0.295 e. The lowest BCUT2D eigenvalue weighted by atomic mass is 9.94. The lowest BCUT2D eigenvalue weighted by Gasteiger charge is -2.29. The van der Waals surface area contributed by atoms with Gasteiger partial charge in [-0.3, -0.25) is 9.59 Å². The molecule has 7 nitrogen and oxygen atoms in total. The first kappa shape index (κ1) is 22.9. The number of amides is 1. The van der Waals surface area contributed by atoms with Crippen LogP contribution in [0.1, 0.15) is 22.7 Å². The predicted octanol–water partition coefficient (Wildman–Crippen LogP) is 1.48. The Morgan fingerprint density at radius 3 is 2.52 bits per heavy atom. The van der Waals surface area contributed by atoms with Crippen LogP contribution in [-0.2, 0) is 14.3 Å². The van der Waals surface area contributed by atoms with E-state index in [0.717, 1.165) is 18.7 Å². The minimum atomic E-state index is -0.798. The molecule has 2 aliphatic heterocycles. The molecule has 2 N–H and O–H groups in total. The molecule has 2 fully saturated rings. The molecule has 1 amide bonds. The number of ether oxygens (including phenoxy) is 2. The van der Waals surface area contributed by atoms with Crippen molar-refractivity contribution in [1.82, 2.24) is 4.90 Å². The fourth-order valence-corrected chi connectivity index (χ4v) is 4.47. The van der Waals surface area contributed by atoms with E-state index >= 15 is 0 Å². The van der Waals surface area contributed by atoms with E-state index in [0.29, 0.717) is 43.2 Å². The molecule has 174 valence electrons. The monoisotopic (exact) mass is 455 g/mol. The van der Waals surface area contributed by atoms with Crippen molar-refractivity contribution in [1.29, 1.82) is 0 Å². The van der Waals surface area contributed by atoms with Crippen molar-refractivity contribution in [2.45, 2.75) is 13.0 Å². The maximum absolute atomic E-state index is 13.6. The second-order valence-corrected chi connectivity index (χ2v) is 8.34. The number of Topliss-reactive ketones (excluding diaryl/α,β-unsaturated/α-hetero) is 1. The standard InChI is InChI=1S/C25H27FN2O5/c1-16-15-18(5-8-20(16)32-2)23(29)21-22(17-3-6-19(26)7-4-17)28(25(31)24(21)30)10-9-27-11-13-33-14-12-27/h3-8,15,22,29H,9-14H2,1-2H3/p+1. The third-order valence-corrected chi connectivity index (χ3v) is 6.30. The number of quaternary nitrogens is 1. The van der Waals surface area contributed by atoms with E-state index in [9.17, 15) is 19.1 Å². The first-order valence-electron chi connectivity index (χ1n) is 11.0. The Bertz CT molecular complexity index is 1080. The van der Waals surface area contributed by atoms with E-state index in [1.165, 1.54) is 21.9 Å². The summed E-state index contributed by atoms with van der Waals surface area (Å²) in [5.41, 5.74) is 1.77. The molecule has 0 radical (unpaired) electrons. The molecular weight excluding hydrogens is 427 g/mol. The number of aliphatic hydroxyl groups is 1. The van der Waals surface area contributed by atoms with Gasteiger partial charge in [-0.05, 0) is 48.4 Å². The number of halogens is 1. The van der Waals surface area contributed by atoms with Gasteiger partial charge in [0.1, 0.15) is 30.4 Å². The summed E-state index contributed by atoms with van der Waals surface area (Å²) in [6, 6.07) is 9.94. The SMILES string of the molecule is COc1ccc(C(O)=C2C(=O)C(=O)N(CC[NH+]3CCOCC3)C2c2ccc(F)cc2)cc1C. The Balaban J connectivity index is 1.74. The molecule has 2 aromatic carbocycles. The van der Waals surface area contributed by atoms with Gasteiger partial charge in [0.15, 0.2) is 0 Å². The molecule has 8 heteroatoms. The number of likely N-dealkylation sites (tertiary alicyclic amines) is 1. The summed E-state index contributed by atoms with van der Waals surface area (Å²) in [6.07, 6.45) is 0. The van der Waals surface area contributed by atoms with E-state index in [1.54, 1.807) is 37.4 Å². The minimum Gasteiger partial charge on any atom is -0.507 e. The summed E-state index contributed by atoms with van der Waals surface area (Å²) in [6.45, 7) is 5.79. The molecule has 2 heterocycles. The zero-order valence-electron chi connectivity index (χ0n) is 18.8. The Morgan fingerprint density at radius 1 is 1.18 bits per heavy atom. The van der Waals surface area contributed by atoms with E-state index in [4.69, 9.17) is 9.47 Å². The highest BCUT2D eigenvalue weighted by atomic mass is 19.1. The number of nitrogens with one attached hydrogen (secondary N) is 1. The molecule has 0 bridgehead atoms. The van der Waals surface area contributed by atoms with Crippen molar-refractivity contribution in [3.05, 3.63) is 70.5 Å². The average Bonchev–Trinajstić information content (AvgIpc) is 3.08. The largest absolute Gasteiger partial charge is 0.507 e. The van der Waals surface area contributed by atoms with E-state index in [2.05, 4.69) is 0 Å². The molecule has 2 aromatic rings. The highest BCUT2D eigenvalue weighted by Crippen LogP contribution is 2.39. The number of carbonyl (C=O) groups is 2. The van der Waals surface area contributed by atoms with Crippen LogP contribution in [0, 0.1) is 12.7 Å². The number of aryl methyl sites for hydroxylation is 1. The molecule has 4 rings (SSSR count). The first-order chi connectivity index (χ1) is 15.9. The topological polar surface area (TPSA) is 80.5 Å². The molecule has 0 aliphatic carbocycles. The van der Waals surface area contributed by atoms with Crippen molar-refractivity contribution in [3.63, 3.8) is 0 Å². The van der Waals surface area contributed by atoms with Gasteiger partial charge < -0.3 is 24.4 Å². The van der Waals surface area contributed by atoms with Crippen molar-refractivity contribution in [2.75, 3.05) is 46.5 Å². The lowest BCUT2D eigenvalue weighted by Crippen LogP contribution is -3.14. The number of hydrogen-bond acceptors (Lipinski definition) is 5. The summed E-state index contributed by atoms with van der Waals surface area (Å²) < 4.78 is 24.3. The van der Waals surface area contributed by atoms with Crippen molar-refractivity contribution in [2.24, 2.45) is 0 Å². The smallest absolute Gasteiger partial charge is 0.295 e. The Morgan fingerprint density at radius 2 is 1.88 bits per heavy atom. The number of aliphatic hydroxyl groups excluding tert-OH is 1. The van der Waals surface area contributed by atoms with Crippen molar-refractivity contribution >= 4 is 17.4 Å². The normalized spacial score (nSPS) is 20.9. The summed E-state index contributed by atoms with van der Waals surface area (Å²) in [5.74, 6) is -1.43. The maximum atomic E-state index is 13.6. The minimum absolute atomic E-state index is 0.00755. The van der Waals surface area contributed by atoms with Gasteiger partial charge in [0.2, 0.25) is 0 Å². The number of hydrogen-bond donors (Lipinski definition) is 2. The second kappa shape index (κ2) is 9.72. The van der Waals surface area contributed by atoms with Gasteiger partial charge in [0.25, 0.3) is 11.7 Å². The lowest BCUT2D eigenvalue weighted by molar-refractivity contribution is -0.907. The molecule has 1 atom stereocenters. The van der Waals surface area contributed by atoms with E-state index < -0.39 is 23.5 Å². The van der Waals surface area contributed by atoms with Gasteiger partial charge in [-0.25, -0.2) is 4.39 Å². The number of ketones is 1. The molecule has 2 aliphatic rings. The van der Waals surface area contributed by atoms with Crippen molar-refractivity contribution in [3.8, 4) is 5.75 Å². The summed E-state index contributed by atoms with van der Waals surface area (Å²) in [4.78, 5) is 28.9. The van der Waals surface area contributed by atoms with Crippen LogP contribution < -0.4 is 9.64 Å². The third kappa shape index (κ3) is 4.62. The Labute approximate surface area is 192 Å². The summed E-state index contributed by atoms with van der Waals surface area (Å²) in [5, 5.41) is 11.2. The van der Waals surface area contributed by atoms with Crippen LogP contribution in [0.4, 0.5) is 4.39 Å². The number of benzene rings is 2. The van der Waals surface area contributed by atoms with Crippen LogP contribution in [0.15, 0.2) is 48.0 Å². The quantitative estimate of drug-likeness (QED) is 0.392. The summed E-state index contributed by atoms with van der Waals surface area (Å²) >= 11 is 0. The highest BCUT2D eigenvalue weighted by molar-refractivity contribution is 6.46. The number of morpholine rings is 1. The van der Waals surface area contributed by atoms with Crippen LogP contribution in [0.3, 0.4) is 0 Å². The van der Waals surface area contributed by atoms with Crippen LogP contribution in [-0.4, -0.2) is 68.2 Å². The molecule has 33 heavy (non-hydrogen) atoms. The van der Waals surface area contributed by atoms with E-state index in [-0.39, 0.29) is 11.3 Å². The van der Waals surface area contributed by atoms with Gasteiger partial charge in [-0.1, -0.05) is 12.1 Å². The number of carbonyl (C=O) groups excluding carboxylic acids is 2. The predicted molar refractivity (Wildman–Crippen MR) is 120 cm³/mol. The van der Waals surface area contributed by atoms with Crippen molar-refractivity contribution < 1.29 is 33.5 Å². The Hall–Kier alpha value is -3.23. The van der Waals surface area contributed by atoms with Crippen LogP contribution in [0.2, 0.25) is 0 Å². The number of rotatable bonds is 6. The molecule has 0 spiro atoms. The molecule has 1 unspecified atom stereocenters. The second-order valence-electron chi connectivity index (χ2n) is 8.34. The van der Waals surface area contributed by atoms with Crippen LogP contribution >= 0.6 is 0 Å². The van der Waals surface area contributed by atoms with Gasteiger partial charge >= 0.3 is 0 Å². The zero-order valence-corrected chi connectivity index (χ0v) is 18.8. The van der Waals surface area contributed by atoms with Gasteiger partial charge in [-0.2, -0.15) is 0 Å². The summed E-state index contributed by atoms with van der Waals surface area (Å²) in [7, 11) is 1.55.